The van der Waals surface area contributed by atoms with Crippen molar-refractivity contribution >= 4 is 52.6 Å². The summed E-state index contributed by atoms with van der Waals surface area (Å²) in [6.45, 7) is 11.2. The molecule has 5 fully saturated rings. The number of piperazine rings is 1. The molecule has 4 aliphatic heterocycles. The Balaban J connectivity index is 0.775. The molecule has 5 aliphatic rings. The maximum Gasteiger partial charge on any atom is 0.321 e. The van der Waals surface area contributed by atoms with Crippen LogP contribution in [0, 0.1) is 22.2 Å². The van der Waals surface area contributed by atoms with E-state index in [-0.39, 0.29) is 17.4 Å². The van der Waals surface area contributed by atoms with E-state index in [4.69, 9.17) is 11.6 Å². The van der Waals surface area contributed by atoms with Gasteiger partial charge in [0.1, 0.15) is 12.4 Å². The molecule has 3 aromatic rings. The second-order valence-electron chi connectivity index (χ2n) is 17.6. The van der Waals surface area contributed by atoms with Crippen molar-refractivity contribution in [3.63, 3.8) is 0 Å². The summed E-state index contributed by atoms with van der Waals surface area (Å²) in [5.74, 6) is 0.153. The van der Waals surface area contributed by atoms with E-state index >= 15 is 0 Å². The van der Waals surface area contributed by atoms with Gasteiger partial charge in [0, 0.05) is 119 Å². The Morgan fingerprint density at radius 3 is 2.17 bits per heavy atom. The van der Waals surface area contributed by atoms with Crippen LogP contribution >= 0.6 is 11.6 Å². The predicted octanol–water partition coefficient (Wildman–Crippen LogP) is 7.04. The van der Waals surface area contributed by atoms with Crippen molar-refractivity contribution in [2.24, 2.45) is 10.8 Å². The van der Waals surface area contributed by atoms with Crippen LogP contribution in [0.2, 0.25) is 5.02 Å². The van der Waals surface area contributed by atoms with Gasteiger partial charge in [0.05, 0.1) is 10.6 Å². The summed E-state index contributed by atoms with van der Waals surface area (Å²) in [7, 11) is 1.61. The molecule has 58 heavy (non-hydrogen) atoms. The molecule has 3 aromatic carbocycles. The number of hydrogen-bond donors (Lipinski definition) is 1. The van der Waals surface area contributed by atoms with Crippen molar-refractivity contribution < 1.29 is 14.4 Å². The van der Waals surface area contributed by atoms with Gasteiger partial charge in [-0.15, -0.1) is 0 Å². The highest BCUT2D eigenvalue weighted by Gasteiger charge is 2.49. The normalized spacial score (nSPS) is 21.8. The number of nitriles is 1. The van der Waals surface area contributed by atoms with Gasteiger partial charge in [0.25, 0.3) is 5.91 Å². The lowest BCUT2D eigenvalue weighted by Gasteiger charge is -2.56. The Bertz CT molecular complexity index is 2000. The first kappa shape index (κ1) is 40.0. The number of amides is 3. The Morgan fingerprint density at radius 2 is 1.52 bits per heavy atom. The smallest absolute Gasteiger partial charge is 0.321 e. The molecule has 0 radical (unpaired) electrons. The van der Waals surface area contributed by atoms with Crippen LogP contribution in [0.25, 0.3) is 0 Å². The second kappa shape index (κ2) is 16.8. The summed E-state index contributed by atoms with van der Waals surface area (Å²) in [5, 5.41) is 12.5. The minimum Gasteiger partial charge on any atom is -0.371 e. The first-order chi connectivity index (χ1) is 28.1. The SMILES string of the molecule is CNC(=O)N(CCC=O)c1cccc(N2CCN(C3CC4(CCN(C(=O)c5ccc(N6CCC7(CC6)C[C@H](C)N(c6ccc(C#N)c(Cl)c6)C7)cc5)CC4)C3)CC2)c1. The molecule has 1 atom stereocenters. The lowest BCUT2D eigenvalue weighted by atomic mass is 9.60. The van der Waals surface area contributed by atoms with Crippen molar-refractivity contribution in [1.82, 2.24) is 15.1 Å². The second-order valence-corrected chi connectivity index (χ2v) is 18.0. The van der Waals surface area contributed by atoms with Gasteiger partial charge < -0.3 is 29.7 Å². The molecule has 12 heteroatoms. The third-order valence-corrected chi connectivity index (χ3v) is 14.5. The molecule has 306 valence electrons. The van der Waals surface area contributed by atoms with Crippen LogP contribution in [0.15, 0.2) is 66.7 Å². The summed E-state index contributed by atoms with van der Waals surface area (Å²) < 4.78 is 0. The monoisotopic (exact) mass is 804 g/mol. The molecule has 0 bridgehead atoms. The molecular weight excluding hydrogens is 748 g/mol. The average Bonchev–Trinajstić information content (AvgIpc) is 3.57. The number of nitrogens with zero attached hydrogens (tertiary/aromatic N) is 7. The Hall–Kier alpha value is -4.79. The molecular formula is C46H57ClN8O3. The van der Waals surface area contributed by atoms with Crippen LogP contribution in [-0.4, -0.2) is 113 Å². The molecule has 0 aromatic heterocycles. The van der Waals surface area contributed by atoms with Gasteiger partial charge >= 0.3 is 6.03 Å². The summed E-state index contributed by atoms with van der Waals surface area (Å²) >= 11 is 6.39. The zero-order valence-electron chi connectivity index (χ0n) is 34.0. The molecule has 11 nitrogen and oxygen atoms in total. The predicted molar refractivity (Wildman–Crippen MR) is 231 cm³/mol. The summed E-state index contributed by atoms with van der Waals surface area (Å²) in [6, 6.07) is 25.2. The van der Waals surface area contributed by atoms with Crippen molar-refractivity contribution in [3.05, 3.63) is 82.9 Å². The highest BCUT2D eigenvalue weighted by atomic mass is 35.5. The number of benzene rings is 3. The van der Waals surface area contributed by atoms with E-state index in [0.29, 0.717) is 41.1 Å². The van der Waals surface area contributed by atoms with Gasteiger partial charge in [0.15, 0.2) is 0 Å². The van der Waals surface area contributed by atoms with Crippen LogP contribution in [0.5, 0.6) is 0 Å². The number of halogens is 1. The number of urea groups is 1. The molecule has 1 N–H and O–H groups in total. The molecule has 4 saturated heterocycles. The van der Waals surface area contributed by atoms with E-state index in [1.807, 2.05) is 42.5 Å². The lowest BCUT2D eigenvalue weighted by molar-refractivity contribution is -0.107. The first-order valence-corrected chi connectivity index (χ1v) is 21.6. The highest BCUT2D eigenvalue weighted by Crippen LogP contribution is 2.51. The molecule has 1 aliphatic carbocycles. The van der Waals surface area contributed by atoms with Crippen LogP contribution < -0.4 is 24.9 Å². The molecule has 0 unspecified atom stereocenters. The van der Waals surface area contributed by atoms with Crippen molar-refractivity contribution in [1.29, 1.82) is 5.26 Å². The topological polar surface area (TPSA) is 106 Å². The lowest BCUT2D eigenvalue weighted by Crippen LogP contribution is -2.59. The van der Waals surface area contributed by atoms with Crippen molar-refractivity contribution in [3.8, 4) is 6.07 Å². The summed E-state index contributed by atoms with van der Waals surface area (Å²) in [5.41, 5.74) is 6.14. The van der Waals surface area contributed by atoms with E-state index in [1.54, 1.807) is 11.9 Å². The minimum absolute atomic E-state index is 0.153. The number of carbonyl (C=O) groups is 3. The number of rotatable bonds is 9. The molecule has 4 heterocycles. The maximum atomic E-state index is 13.7. The number of likely N-dealkylation sites (tertiary alicyclic amines) is 1. The Morgan fingerprint density at radius 1 is 0.845 bits per heavy atom. The fourth-order valence-electron chi connectivity index (χ4n) is 10.7. The molecule has 8 rings (SSSR count). The van der Waals surface area contributed by atoms with Gasteiger partial charge in [-0.2, -0.15) is 5.26 Å². The molecule has 2 spiro atoms. The van der Waals surface area contributed by atoms with Crippen LogP contribution in [0.4, 0.5) is 27.5 Å². The van der Waals surface area contributed by atoms with Gasteiger partial charge in [-0.25, -0.2) is 4.79 Å². The standard InChI is InChI=1S/C46H57ClN8O3/c1-34-29-46(33-55(34)40-12-9-36(32-48)42(47)28-40)15-18-50(19-16-46)37-10-7-35(8-11-37)43(57)53-20-13-45(14-21-53)30-41(31-45)52-24-22-51(23-25-52)38-5-3-6-39(27-38)54(17-4-26-56)44(58)49-2/h3,5-12,26-28,34,41H,4,13-25,29-31,33H2,1-2H3,(H,49,58)/t34-/m0/s1. The number of piperidine rings is 2. The summed E-state index contributed by atoms with van der Waals surface area (Å²) in [4.78, 5) is 50.9. The third-order valence-electron chi connectivity index (χ3n) is 14.2. The summed E-state index contributed by atoms with van der Waals surface area (Å²) in [6.07, 6.45) is 9.15. The number of carbonyl (C=O) groups excluding carboxylic acids is 3. The Labute approximate surface area is 348 Å². The fraction of sp³-hybridized carbons (Fsp3) is 0.522. The fourth-order valence-corrected chi connectivity index (χ4v) is 10.9. The molecule has 1 saturated carbocycles. The van der Waals surface area contributed by atoms with Gasteiger partial charge in [-0.05, 0) is 123 Å². The van der Waals surface area contributed by atoms with Crippen LogP contribution in [0.1, 0.15) is 74.2 Å². The van der Waals surface area contributed by atoms with Crippen molar-refractivity contribution in [2.45, 2.75) is 70.4 Å². The first-order valence-electron chi connectivity index (χ1n) is 21.2. The number of hydrogen-bond acceptors (Lipinski definition) is 8. The van der Waals surface area contributed by atoms with Gasteiger partial charge in [0.2, 0.25) is 0 Å². The average molecular weight is 805 g/mol. The quantitative estimate of drug-likeness (QED) is 0.230. The van der Waals surface area contributed by atoms with Crippen LogP contribution in [-0.2, 0) is 4.79 Å². The van der Waals surface area contributed by atoms with E-state index in [0.717, 1.165) is 120 Å². The van der Waals surface area contributed by atoms with E-state index in [9.17, 15) is 19.6 Å². The maximum absolute atomic E-state index is 13.7. The third kappa shape index (κ3) is 8.10. The minimum atomic E-state index is -0.212. The highest BCUT2D eigenvalue weighted by molar-refractivity contribution is 6.32. The van der Waals surface area contributed by atoms with Gasteiger partial charge in [-0.1, -0.05) is 17.7 Å². The number of nitrogens with one attached hydrogen (secondary N) is 1. The van der Waals surface area contributed by atoms with E-state index < -0.39 is 0 Å². The zero-order chi connectivity index (χ0) is 40.4. The van der Waals surface area contributed by atoms with Crippen molar-refractivity contribution in [2.75, 3.05) is 92.1 Å². The van der Waals surface area contributed by atoms with Crippen LogP contribution in [0.3, 0.4) is 0 Å². The van der Waals surface area contributed by atoms with Gasteiger partial charge in [-0.3, -0.25) is 14.6 Å². The molecule has 3 amide bonds. The van der Waals surface area contributed by atoms with E-state index in [1.165, 1.54) is 18.5 Å². The van der Waals surface area contributed by atoms with E-state index in [2.05, 4.69) is 67.1 Å². The zero-order valence-corrected chi connectivity index (χ0v) is 34.8. The number of anilines is 4. The Kier molecular flexibility index (Phi) is 11.6. The largest absolute Gasteiger partial charge is 0.371 e. The number of aldehydes is 1.